The normalized spacial score (nSPS) is 10.8. The highest BCUT2D eigenvalue weighted by molar-refractivity contribution is 6.89. The van der Waals surface area contributed by atoms with Gasteiger partial charge in [0.25, 0.3) is 0 Å². The molecule has 0 aromatic heterocycles. The maximum Gasteiger partial charge on any atom is 0.0779 e. The number of benzene rings is 14. The Hall–Kier alpha value is -10.3. The molecule has 3 heteroatoms. The van der Waals surface area contributed by atoms with Crippen LogP contribution in [0.15, 0.2) is 334 Å². The summed E-state index contributed by atoms with van der Waals surface area (Å²) < 4.78 is 0. The highest BCUT2D eigenvalue weighted by atomic mass is 28.3. The minimum atomic E-state index is -1.24. The van der Waals surface area contributed by atoms with Crippen molar-refractivity contribution in [2.24, 2.45) is 0 Å². The van der Waals surface area contributed by atoms with Crippen molar-refractivity contribution in [1.29, 1.82) is 0 Å². The van der Waals surface area contributed by atoms with Crippen LogP contribution >= 0.6 is 0 Å². The first-order valence-electron chi connectivity index (χ1n) is 38.4. The van der Waals surface area contributed by atoms with Gasteiger partial charge in [0.1, 0.15) is 0 Å². The zero-order chi connectivity index (χ0) is 78.1. The van der Waals surface area contributed by atoms with Crippen LogP contribution in [0.1, 0.15) is 66.8 Å². The SMILES string of the molecule is Cc1cc(-c2ccccc2)cc(C)c1C.Cc1cc(-c2ccccc2)cc([Si](C)(C)C)c1.Cc1cc(C)cc(-c2ccccc2)c1.Cc1ccc(-c2ccccc2)cc1C.Cc1ccc(-c2ccccc2)cc1[Si](C)(C)C.Cc1ccc(C)c(-c2ccccc2)c1.Cc1ccc([Si](C)(C)C)cc1-c1ccccc1. The van der Waals surface area contributed by atoms with E-state index in [1.54, 1.807) is 5.19 Å². The van der Waals surface area contributed by atoms with E-state index in [9.17, 15) is 0 Å². The Morgan fingerprint density at radius 1 is 0.157 bits per heavy atom. The summed E-state index contributed by atoms with van der Waals surface area (Å²) in [7, 11) is -3.69. The van der Waals surface area contributed by atoms with Gasteiger partial charge >= 0.3 is 0 Å². The van der Waals surface area contributed by atoms with Crippen LogP contribution in [-0.4, -0.2) is 24.2 Å². The molecule has 0 fully saturated rings. The van der Waals surface area contributed by atoms with Crippen LogP contribution < -0.4 is 15.6 Å². The predicted octanol–water partition coefficient (Wildman–Crippen LogP) is 28.8. The molecule has 0 saturated heterocycles. The van der Waals surface area contributed by atoms with E-state index in [1.165, 1.54) is 155 Å². The Kier molecular flexibility index (Phi) is 30.5. The van der Waals surface area contributed by atoms with Crippen LogP contribution in [0.25, 0.3) is 77.9 Å². The van der Waals surface area contributed by atoms with E-state index in [4.69, 9.17) is 0 Å². The average Bonchev–Trinajstić information content (AvgIpc) is 0.816. The smallest absolute Gasteiger partial charge is 0.0656 e. The summed E-state index contributed by atoms with van der Waals surface area (Å²) in [4.78, 5) is 0. The van der Waals surface area contributed by atoms with Gasteiger partial charge in [-0.15, -0.1) is 0 Å². The van der Waals surface area contributed by atoms with Crippen molar-refractivity contribution in [3.05, 3.63) is 400 Å². The molecule has 0 N–H and O–H groups in total. The van der Waals surface area contributed by atoms with Crippen LogP contribution in [0.5, 0.6) is 0 Å². The van der Waals surface area contributed by atoms with Gasteiger partial charge in [-0.25, -0.2) is 0 Å². The second-order valence-electron chi connectivity index (χ2n) is 32.2. The summed E-state index contributed by atoms with van der Waals surface area (Å²) in [5.41, 5.74) is 34.8. The summed E-state index contributed by atoms with van der Waals surface area (Å²) in [5.74, 6) is 0. The average molecular weight is 1460 g/mol. The van der Waals surface area contributed by atoms with E-state index in [0.717, 1.165) is 0 Å². The molecule has 0 atom stereocenters. The zero-order valence-electron chi connectivity index (χ0n) is 68.8. The molecule has 0 spiro atoms. The lowest BCUT2D eigenvalue weighted by Gasteiger charge is -2.20. The second kappa shape index (κ2) is 39.5. The highest BCUT2D eigenvalue weighted by Crippen LogP contribution is 2.29. The minimum Gasteiger partial charge on any atom is -0.0656 e. The van der Waals surface area contributed by atoms with Gasteiger partial charge in [0.2, 0.25) is 0 Å². The van der Waals surface area contributed by atoms with Crippen molar-refractivity contribution >= 4 is 39.8 Å². The van der Waals surface area contributed by atoms with Gasteiger partial charge in [-0.3, -0.25) is 0 Å². The van der Waals surface area contributed by atoms with E-state index in [0.29, 0.717) is 0 Å². The topological polar surface area (TPSA) is 0 Å². The van der Waals surface area contributed by atoms with Gasteiger partial charge in [-0.1, -0.05) is 436 Å². The summed E-state index contributed by atoms with van der Waals surface area (Å²) in [6.45, 7) is 47.6. The Balaban J connectivity index is 0.000000159. The maximum atomic E-state index is 2.41. The van der Waals surface area contributed by atoms with Gasteiger partial charge in [0, 0.05) is 0 Å². The Morgan fingerprint density at radius 2 is 0.463 bits per heavy atom. The summed E-state index contributed by atoms with van der Waals surface area (Å²) in [6.07, 6.45) is 0. The van der Waals surface area contributed by atoms with Crippen molar-refractivity contribution in [2.45, 2.75) is 142 Å². The zero-order valence-corrected chi connectivity index (χ0v) is 71.8. The van der Waals surface area contributed by atoms with Crippen molar-refractivity contribution < 1.29 is 0 Å². The number of hydrogen-bond donors (Lipinski definition) is 0. The fourth-order valence-corrected chi connectivity index (χ4v) is 17.4. The molecule has 14 rings (SSSR count). The first-order chi connectivity index (χ1) is 51.4. The molecule has 0 aliphatic carbocycles. The van der Waals surface area contributed by atoms with E-state index in [2.05, 4.69) is 464 Å². The van der Waals surface area contributed by atoms with Crippen molar-refractivity contribution in [1.82, 2.24) is 0 Å². The second-order valence-corrected chi connectivity index (χ2v) is 47.4. The molecule has 0 radical (unpaired) electrons. The predicted molar refractivity (Wildman–Crippen MR) is 489 cm³/mol. The lowest BCUT2D eigenvalue weighted by atomic mass is 9.97. The van der Waals surface area contributed by atoms with Crippen LogP contribution in [0.4, 0.5) is 0 Å². The molecular formula is C105H118Si3. The largest absolute Gasteiger partial charge is 0.0779 e. The third-order valence-corrected chi connectivity index (χ3v) is 26.1. The lowest BCUT2D eigenvalue weighted by Crippen LogP contribution is -2.39. The molecule has 14 aromatic carbocycles. The highest BCUT2D eigenvalue weighted by Gasteiger charge is 2.21. The third kappa shape index (κ3) is 25.4. The summed E-state index contributed by atoms with van der Waals surface area (Å²) in [5, 5.41) is 4.64. The molecular weight excluding hydrogens is 1350 g/mol. The molecule has 550 valence electrons. The molecule has 0 unspecified atom stereocenters. The van der Waals surface area contributed by atoms with Gasteiger partial charge < -0.3 is 0 Å². The minimum absolute atomic E-state index is 1.22. The molecule has 0 saturated carbocycles. The molecule has 0 aliphatic rings. The Bertz CT molecular complexity index is 5050. The quantitative estimate of drug-likeness (QED) is 0.120. The first kappa shape index (κ1) is 83.4. The lowest BCUT2D eigenvalue weighted by molar-refractivity contribution is 1.27. The van der Waals surface area contributed by atoms with Crippen molar-refractivity contribution in [3.63, 3.8) is 0 Å². The van der Waals surface area contributed by atoms with Crippen molar-refractivity contribution in [2.75, 3.05) is 0 Å². The van der Waals surface area contributed by atoms with Crippen LogP contribution in [0, 0.1) is 83.1 Å². The molecule has 0 nitrogen and oxygen atoms in total. The number of hydrogen-bond acceptors (Lipinski definition) is 0. The summed E-state index contributed by atoms with van der Waals surface area (Å²) in [6, 6.07) is 119. The Labute approximate surface area is 655 Å². The van der Waals surface area contributed by atoms with E-state index >= 15 is 0 Å². The maximum absolute atomic E-state index is 2.41. The van der Waals surface area contributed by atoms with E-state index in [-0.39, 0.29) is 0 Å². The van der Waals surface area contributed by atoms with E-state index < -0.39 is 24.2 Å². The standard InChI is InChI=1S/3C16H20Si.C15H16.3C14H14/c1-13-10-15(14-8-6-5-7-9-14)12-16(11-13)17(2,3)4;1-13-10-11-15(17(2,3)4)12-16(13)14-8-6-5-7-9-14;1-13-10-11-15(12-16(13)17(2,3)4)14-8-6-5-7-9-14;1-11-9-15(10-12(2)13(11)3)14-7-5-4-6-8-14;1-11-8-12(2)10-14(9-11)13-6-4-3-5-7-13;1-11-8-9-14(10-12(11)2)13-6-4-3-5-7-13;1-11-8-9-12(2)14(10-11)13-6-4-3-5-7-13/h3*5-12H,1-4H3;4-10H,1-3H3;3*3-10H,1-2H3. The Morgan fingerprint density at radius 3 is 0.843 bits per heavy atom. The fraction of sp³-hybridized carbons (Fsp3) is 0.200. The molecule has 108 heavy (non-hydrogen) atoms. The number of rotatable bonds is 10. The fourth-order valence-electron chi connectivity index (χ4n) is 13.1. The summed E-state index contributed by atoms with van der Waals surface area (Å²) >= 11 is 0. The first-order valence-corrected chi connectivity index (χ1v) is 48.9. The van der Waals surface area contributed by atoms with Crippen LogP contribution in [0.2, 0.25) is 58.9 Å². The monoisotopic (exact) mass is 1460 g/mol. The van der Waals surface area contributed by atoms with Crippen LogP contribution in [-0.2, 0) is 0 Å². The van der Waals surface area contributed by atoms with Gasteiger partial charge in [-0.05, 0) is 200 Å². The van der Waals surface area contributed by atoms with E-state index in [1.807, 2.05) is 12.1 Å². The van der Waals surface area contributed by atoms with Crippen LogP contribution in [0.3, 0.4) is 0 Å². The molecule has 0 heterocycles. The third-order valence-electron chi connectivity index (χ3n) is 19.8. The van der Waals surface area contributed by atoms with Crippen molar-refractivity contribution in [3.8, 4) is 77.9 Å². The van der Waals surface area contributed by atoms with Gasteiger partial charge in [0.05, 0.1) is 24.2 Å². The molecule has 0 amide bonds. The van der Waals surface area contributed by atoms with Gasteiger partial charge in [0.15, 0.2) is 0 Å². The molecule has 0 aliphatic heterocycles. The van der Waals surface area contributed by atoms with Gasteiger partial charge in [-0.2, -0.15) is 0 Å². The number of aryl methyl sites for hydroxylation is 11. The molecule has 0 bridgehead atoms. The molecule has 14 aromatic rings.